The van der Waals surface area contributed by atoms with Crippen LogP contribution in [0.3, 0.4) is 0 Å². The van der Waals surface area contributed by atoms with Crippen molar-refractivity contribution < 1.29 is 8.42 Å². The van der Waals surface area contributed by atoms with Crippen molar-refractivity contribution in [1.29, 1.82) is 5.41 Å². The Kier molecular flexibility index (Phi) is 3.66. The van der Waals surface area contributed by atoms with Gasteiger partial charge in [-0.25, -0.2) is 8.42 Å². The van der Waals surface area contributed by atoms with E-state index in [0.717, 1.165) is 5.56 Å². The Morgan fingerprint density at radius 1 is 1.05 bits per heavy atom. The van der Waals surface area contributed by atoms with E-state index in [1.165, 1.54) is 12.1 Å². The predicted molar refractivity (Wildman–Crippen MR) is 74.8 cm³/mol. The van der Waals surface area contributed by atoms with E-state index in [1.54, 1.807) is 36.4 Å². The lowest BCUT2D eigenvalue weighted by Crippen LogP contribution is -2.12. The lowest BCUT2D eigenvalue weighted by molar-refractivity contribution is 0.595. The second kappa shape index (κ2) is 5.24. The summed E-state index contributed by atoms with van der Waals surface area (Å²) in [4.78, 5) is 0.184. The van der Waals surface area contributed by atoms with Gasteiger partial charge in [-0.1, -0.05) is 42.5 Å². The van der Waals surface area contributed by atoms with Crippen LogP contribution in [0.2, 0.25) is 0 Å². The third-order valence-corrected chi connectivity index (χ3v) is 4.39. The SMILES string of the molecule is N=C(N)c1cccc(S(=O)(=O)Cc2ccccc2)c1. The number of nitrogens with one attached hydrogen (secondary N) is 1. The molecule has 0 saturated carbocycles. The number of nitrogens with two attached hydrogens (primary N) is 1. The van der Waals surface area contributed by atoms with Crippen LogP contribution in [0.25, 0.3) is 0 Å². The van der Waals surface area contributed by atoms with Gasteiger partial charge in [-0.3, -0.25) is 5.41 Å². The first kappa shape index (κ1) is 13.3. The first-order valence-corrected chi connectivity index (χ1v) is 7.35. The van der Waals surface area contributed by atoms with Crippen molar-refractivity contribution in [2.75, 3.05) is 0 Å². The zero-order chi connectivity index (χ0) is 13.9. The third-order valence-electron chi connectivity index (χ3n) is 2.70. The maximum atomic E-state index is 12.3. The molecular formula is C14H14N2O2S. The molecular weight excluding hydrogens is 260 g/mol. The van der Waals surface area contributed by atoms with Crippen molar-refractivity contribution >= 4 is 15.7 Å². The third kappa shape index (κ3) is 3.20. The van der Waals surface area contributed by atoms with Gasteiger partial charge in [-0.05, 0) is 17.7 Å². The molecule has 0 radical (unpaired) electrons. The van der Waals surface area contributed by atoms with Crippen LogP contribution in [0.15, 0.2) is 59.5 Å². The summed E-state index contributed by atoms with van der Waals surface area (Å²) in [5, 5.41) is 7.34. The van der Waals surface area contributed by atoms with E-state index in [-0.39, 0.29) is 16.5 Å². The quantitative estimate of drug-likeness (QED) is 0.660. The Morgan fingerprint density at radius 3 is 2.37 bits per heavy atom. The van der Waals surface area contributed by atoms with Crippen LogP contribution in [-0.2, 0) is 15.6 Å². The van der Waals surface area contributed by atoms with Crippen LogP contribution in [0.1, 0.15) is 11.1 Å². The van der Waals surface area contributed by atoms with Gasteiger partial charge < -0.3 is 5.73 Å². The molecule has 3 N–H and O–H groups in total. The molecule has 0 aromatic heterocycles. The van der Waals surface area contributed by atoms with Crippen molar-refractivity contribution in [3.05, 3.63) is 65.7 Å². The normalized spacial score (nSPS) is 11.2. The largest absolute Gasteiger partial charge is 0.384 e. The van der Waals surface area contributed by atoms with Gasteiger partial charge in [-0.15, -0.1) is 0 Å². The number of benzene rings is 2. The fourth-order valence-electron chi connectivity index (χ4n) is 1.73. The molecule has 2 rings (SSSR count). The van der Waals surface area contributed by atoms with E-state index < -0.39 is 9.84 Å². The highest BCUT2D eigenvalue weighted by Crippen LogP contribution is 2.17. The molecule has 0 aliphatic rings. The molecule has 4 nitrogen and oxygen atoms in total. The Morgan fingerprint density at radius 2 is 1.74 bits per heavy atom. The smallest absolute Gasteiger partial charge is 0.182 e. The molecule has 0 heterocycles. The van der Waals surface area contributed by atoms with Crippen LogP contribution in [-0.4, -0.2) is 14.3 Å². The van der Waals surface area contributed by atoms with Gasteiger partial charge in [-0.2, -0.15) is 0 Å². The minimum atomic E-state index is -3.42. The van der Waals surface area contributed by atoms with Crippen molar-refractivity contribution in [1.82, 2.24) is 0 Å². The lowest BCUT2D eigenvalue weighted by Gasteiger charge is -2.06. The van der Waals surface area contributed by atoms with Crippen LogP contribution in [0, 0.1) is 5.41 Å². The number of amidine groups is 1. The highest BCUT2D eigenvalue weighted by Gasteiger charge is 2.15. The van der Waals surface area contributed by atoms with E-state index in [1.807, 2.05) is 6.07 Å². The summed E-state index contributed by atoms with van der Waals surface area (Å²) < 4.78 is 24.5. The number of hydrogen-bond donors (Lipinski definition) is 2. The van der Waals surface area contributed by atoms with Crippen molar-refractivity contribution in [3.8, 4) is 0 Å². The molecule has 0 atom stereocenters. The predicted octanol–water partition coefficient (Wildman–Crippen LogP) is 1.94. The van der Waals surface area contributed by atoms with Gasteiger partial charge in [0.2, 0.25) is 0 Å². The van der Waals surface area contributed by atoms with Crippen LogP contribution >= 0.6 is 0 Å². The fraction of sp³-hybridized carbons (Fsp3) is 0.0714. The minimum Gasteiger partial charge on any atom is -0.384 e. The number of hydrogen-bond acceptors (Lipinski definition) is 3. The topological polar surface area (TPSA) is 84.0 Å². The van der Waals surface area contributed by atoms with Crippen molar-refractivity contribution in [2.45, 2.75) is 10.6 Å². The summed E-state index contributed by atoms with van der Waals surface area (Å²) in [7, 11) is -3.42. The van der Waals surface area contributed by atoms with Crippen LogP contribution < -0.4 is 5.73 Å². The highest BCUT2D eigenvalue weighted by atomic mass is 32.2. The van der Waals surface area contributed by atoms with E-state index >= 15 is 0 Å². The minimum absolute atomic E-state index is 0.0603. The number of sulfone groups is 1. The first-order chi connectivity index (χ1) is 8.99. The number of rotatable bonds is 4. The van der Waals surface area contributed by atoms with Gasteiger partial charge >= 0.3 is 0 Å². The fourth-order valence-corrected chi connectivity index (χ4v) is 3.12. The molecule has 0 aliphatic carbocycles. The molecule has 0 amide bonds. The standard InChI is InChI=1S/C14H14N2O2S/c15-14(16)12-7-4-8-13(9-12)19(17,18)10-11-5-2-1-3-6-11/h1-9H,10H2,(H3,15,16). The molecule has 5 heteroatoms. The summed E-state index contributed by atoms with van der Waals surface area (Å²) in [6.07, 6.45) is 0. The molecule has 0 unspecified atom stereocenters. The van der Waals surface area contributed by atoms with Crippen LogP contribution in [0.5, 0.6) is 0 Å². The molecule has 0 fully saturated rings. The Labute approximate surface area is 112 Å². The highest BCUT2D eigenvalue weighted by molar-refractivity contribution is 7.90. The molecule has 2 aromatic carbocycles. The van der Waals surface area contributed by atoms with Gasteiger partial charge in [0.25, 0.3) is 0 Å². The molecule has 2 aromatic rings. The van der Waals surface area contributed by atoms with Gasteiger partial charge in [0.05, 0.1) is 10.6 Å². The zero-order valence-electron chi connectivity index (χ0n) is 10.2. The summed E-state index contributed by atoms with van der Waals surface area (Å²) in [6, 6.07) is 15.1. The molecule has 0 aliphatic heterocycles. The molecule has 19 heavy (non-hydrogen) atoms. The number of nitrogen functional groups attached to an aromatic ring is 1. The summed E-state index contributed by atoms with van der Waals surface area (Å²) in [5.41, 5.74) is 6.51. The maximum Gasteiger partial charge on any atom is 0.182 e. The van der Waals surface area contributed by atoms with Crippen molar-refractivity contribution in [3.63, 3.8) is 0 Å². The van der Waals surface area contributed by atoms with Crippen LogP contribution in [0.4, 0.5) is 0 Å². The molecule has 0 spiro atoms. The Bertz CT molecular complexity index is 694. The van der Waals surface area contributed by atoms with E-state index in [2.05, 4.69) is 0 Å². The Hall–Kier alpha value is -2.14. The van der Waals surface area contributed by atoms with E-state index in [0.29, 0.717) is 5.56 Å². The second-order valence-corrected chi connectivity index (χ2v) is 6.18. The van der Waals surface area contributed by atoms with Gasteiger partial charge in [0.15, 0.2) is 9.84 Å². The lowest BCUT2D eigenvalue weighted by atomic mass is 10.2. The first-order valence-electron chi connectivity index (χ1n) is 5.70. The van der Waals surface area contributed by atoms with Gasteiger partial charge in [0, 0.05) is 5.56 Å². The summed E-state index contributed by atoms with van der Waals surface area (Å²) in [5.74, 6) is -0.202. The monoisotopic (exact) mass is 274 g/mol. The molecule has 0 saturated heterocycles. The van der Waals surface area contributed by atoms with E-state index in [4.69, 9.17) is 11.1 Å². The summed E-state index contributed by atoms with van der Waals surface area (Å²) >= 11 is 0. The Balaban J connectivity index is 2.35. The van der Waals surface area contributed by atoms with Gasteiger partial charge in [0.1, 0.15) is 5.84 Å². The maximum absolute atomic E-state index is 12.3. The molecule has 98 valence electrons. The van der Waals surface area contributed by atoms with Crippen molar-refractivity contribution in [2.24, 2.45) is 5.73 Å². The zero-order valence-corrected chi connectivity index (χ0v) is 11.0. The average molecular weight is 274 g/mol. The molecule has 0 bridgehead atoms. The average Bonchev–Trinajstić information content (AvgIpc) is 2.39. The second-order valence-electron chi connectivity index (χ2n) is 4.19. The summed E-state index contributed by atoms with van der Waals surface area (Å²) in [6.45, 7) is 0. The van der Waals surface area contributed by atoms with E-state index in [9.17, 15) is 8.42 Å².